The monoisotopic (exact) mass is 553 g/mol. The van der Waals surface area contributed by atoms with Gasteiger partial charge in [-0.3, -0.25) is 14.4 Å². The number of allylic oxidation sites excluding steroid dienone is 1. The van der Waals surface area contributed by atoms with Gasteiger partial charge >= 0.3 is 6.09 Å². The summed E-state index contributed by atoms with van der Waals surface area (Å²) in [6.07, 6.45) is 4.98. The molecule has 0 aliphatic carbocycles. The number of aromatic nitrogens is 2. The largest absolute Gasteiger partial charge is 0.453 e. The van der Waals surface area contributed by atoms with Gasteiger partial charge in [-0.25, -0.2) is 9.18 Å². The van der Waals surface area contributed by atoms with E-state index < -0.39 is 23.6 Å². The van der Waals surface area contributed by atoms with Crippen LogP contribution in [0.2, 0.25) is 0 Å². The Hall–Kier alpha value is -4.41. The first-order valence-electron chi connectivity index (χ1n) is 13.0. The molecule has 0 fully saturated rings. The molecule has 0 unspecified atom stereocenters. The number of ether oxygens (including phenoxy) is 1. The van der Waals surface area contributed by atoms with Crippen LogP contribution in [0.25, 0.3) is 10.9 Å². The van der Waals surface area contributed by atoms with Gasteiger partial charge in [0.05, 0.1) is 13.7 Å². The molecule has 3 N–H and O–H groups in total. The van der Waals surface area contributed by atoms with Crippen molar-refractivity contribution in [2.24, 2.45) is 5.92 Å². The van der Waals surface area contributed by atoms with Gasteiger partial charge in [-0.05, 0) is 67.2 Å². The van der Waals surface area contributed by atoms with Crippen molar-refractivity contribution in [3.8, 4) is 0 Å². The molecule has 1 aromatic carbocycles. The highest BCUT2D eigenvalue weighted by atomic mass is 19.1. The van der Waals surface area contributed by atoms with E-state index in [4.69, 9.17) is 0 Å². The third-order valence-electron chi connectivity index (χ3n) is 6.19. The first-order valence-corrected chi connectivity index (χ1v) is 13.0. The van der Waals surface area contributed by atoms with Crippen molar-refractivity contribution >= 4 is 34.5 Å². The van der Waals surface area contributed by atoms with E-state index in [1.165, 1.54) is 40.9 Å². The molecule has 0 aliphatic heterocycles. The van der Waals surface area contributed by atoms with Crippen LogP contribution in [0.4, 0.5) is 14.9 Å². The second-order valence-corrected chi connectivity index (χ2v) is 10.2. The molecule has 1 atom stereocenters. The van der Waals surface area contributed by atoms with Gasteiger partial charge < -0.3 is 29.8 Å². The Kier molecular flexibility index (Phi) is 10.2. The molecule has 0 aliphatic rings. The van der Waals surface area contributed by atoms with Gasteiger partial charge in [0, 0.05) is 36.9 Å². The van der Waals surface area contributed by atoms with E-state index in [2.05, 4.69) is 34.2 Å². The fourth-order valence-electron chi connectivity index (χ4n) is 4.25. The maximum atomic E-state index is 14.2. The Morgan fingerprint density at radius 1 is 1.20 bits per heavy atom. The van der Waals surface area contributed by atoms with Gasteiger partial charge in [0.25, 0.3) is 5.56 Å². The molecule has 3 rings (SSSR count). The summed E-state index contributed by atoms with van der Waals surface area (Å²) in [4.78, 5) is 54.5. The van der Waals surface area contributed by atoms with Crippen molar-refractivity contribution < 1.29 is 23.5 Å². The summed E-state index contributed by atoms with van der Waals surface area (Å²) in [7, 11) is 4.42. The zero-order valence-corrected chi connectivity index (χ0v) is 23.4. The third-order valence-corrected chi connectivity index (χ3v) is 6.19. The predicted octanol–water partition coefficient (Wildman–Crippen LogP) is 3.80. The number of anilines is 1. The number of carbonyl (C=O) groups excluding carboxylic acids is 3. The van der Waals surface area contributed by atoms with Gasteiger partial charge in [0.1, 0.15) is 17.5 Å². The van der Waals surface area contributed by atoms with Crippen molar-refractivity contribution in [2.45, 2.75) is 45.7 Å². The Morgan fingerprint density at radius 3 is 2.62 bits per heavy atom. The van der Waals surface area contributed by atoms with Gasteiger partial charge in [0.2, 0.25) is 11.8 Å². The number of amides is 3. The summed E-state index contributed by atoms with van der Waals surface area (Å²) in [5.74, 6) is -0.783. The Bertz CT molecular complexity index is 1460. The number of pyridine rings is 1. The smallest absolute Gasteiger partial charge is 0.407 e. The Morgan fingerprint density at radius 2 is 1.95 bits per heavy atom. The van der Waals surface area contributed by atoms with Crippen LogP contribution in [-0.2, 0) is 27.3 Å². The zero-order chi connectivity index (χ0) is 29.4. The fourth-order valence-corrected chi connectivity index (χ4v) is 4.25. The molecule has 40 heavy (non-hydrogen) atoms. The number of H-pyrrole nitrogens is 1. The standard InChI is InChI=1S/C29H36FN5O5/c1-18(2)13-19-14-21(30)15-20-16-22(31-26(19)20)17-35-12-8-10-24(28(35)38)32-27(37)23(33-29(39)40-5)9-6-7-11-25(36)34(3)4/h7-8,10-12,14-16,18,23,31H,6,9,13,17H2,1-5H3,(H,32,37)(H,33,39)/b11-7+/t23-/m0/s1. The summed E-state index contributed by atoms with van der Waals surface area (Å²) in [5, 5.41) is 5.78. The van der Waals surface area contributed by atoms with Gasteiger partial charge in [-0.15, -0.1) is 0 Å². The predicted molar refractivity (Wildman–Crippen MR) is 152 cm³/mol. The van der Waals surface area contributed by atoms with Crippen molar-refractivity contribution in [3.63, 3.8) is 0 Å². The Balaban J connectivity index is 1.78. The molecule has 0 bridgehead atoms. The van der Waals surface area contributed by atoms with Crippen molar-refractivity contribution in [2.75, 3.05) is 26.5 Å². The molecule has 11 heteroatoms. The highest BCUT2D eigenvalue weighted by Crippen LogP contribution is 2.24. The third kappa shape index (κ3) is 8.05. The normalized spacial score (nSPS) is 12.1. The van der Waals surface area contributed by atoms with E-state index in [-0.39, 0.29) is 30.4 Å². The number of hydrogen-bond acceptors (Lipinski definition) is 5. The minimum Gasteiger partial charge on any atom is -0.453 e. The number of halogens is 1. The fraction of sp³-hybridized carbons (Fsp3) is 0.379. The van der Waals surface area contributed by atoms with Crippen molar-refractivity contribution in [1.29, 1.82) is 0 Å². The number of likely N-dealkylation sites (N-methyl/N-ethyl adjacent to an activating group) is 1. The second kappa shape index (κ2) is 13.6. The van der Waals surface area contributed by atoms with Crippen LogP contribution in [0, 0.1) is 11.7 Å². The maximum Gasteiger partial charge on any atom is 0.407 e. The number of benzene rings is 1. The van der Waals surface area contributed by atoms with Crippen LogP contribution in [0.15, 0.2) is 53.5 Å². The van der Waals surface area contributed by atoms with Crippen LogP contribution < -0.4 is 16.2 Å². The first kappa shape index (κ1) is 30.1. The molecule has 3 amide bonds. The molecule has 10 nitrogen and oxygen atoms in total. The molecule has 0 radical (unpaired) electrons. The molecule has 2 heterocycles. The summed E-state index contributed by atoms with van der Waals surface area (Å²) in [5.41, 5.74) is 2.00. The quantitative estimate of drug-likeness (QED) is 0.312. The topological polar surface area (TPSA) is 126 Å². The van der Waals surface area contributed by atoms with Crippen molar-refractivity contribution in [1.82, 2.24) is 19.8 Å². The highest BCUT2D eigenvalue weighted by molar-refractivity contribution is 5.96. The summed E-state index contributed by atoms with van der Waals surface area (Å²) < 4.78 is 20.2. The lowest BCUT2D eigenvalue weighted by Crippen LogP contribution is -2.44. The van der Waals surface area contributed by atoms with Gasteiger partial charge in [-0.1, -0.05) is 19.9 Å². The second-order valence-electron chi connectivity index (χ2n) is 10.2. The molecule has 214 valence electrons. The molecule has 0 saturated heterocycles. The van der Waals surface area contributed by atoms with Gasteiger partial charge in [-0.2, -0.15) is 0 Å². The number of hydrogen-bond donors (Lipinski definition) is 3. The summed E-state index contributed by atoms with van der Waals surface area (Å²) >= 11 is 0. The minimum atomic E-state index is -1.01. The summed E-state index contributed by atoms with van der Waals surface area (Å²) in [6, 6.07) is 6.89. The summed E-state index contributed by atoms with van der Waals surface area (Å²) in [6.45, 7) is 4.30. The number of rotatable bonds is 11. The first-order chi connectivity index (χ1) is 19.0. The number of aromatic amines is 1. The lowest BCUT2D eigenvalue weighted by Gasteiger charge is -2.17. The Labute approximate surface area is 232 Å². The number of methoxy groups -OCH3 is 1. The lowest BCUT2D eigenvalue weighted by atomic mass is 10.0. The van der Waals surface area contributed by atoms with E-state index in [1.807, 2.05) is 6.07 Å². The maximum absolute atomic E-state index is 14.2. The van der Waals surface area contributed by atoms with E-state index >= 15 is 0 Å². The highest BCUT2D eigenvalue weighted by Gasteiger charge is 2.22. The average Bonchev–Trinajstić information content (AvgIpc) is 3.29. The number of nitrogens with one attached hydrogen (secondary N) is 3. The van der Waals surface area contributed by atoms with E-state index in [0.717, 1.165) is 16.5 Å². The molecule has 0 saturated carbocycles. The molecular weight excluding hydrogens is 517 g/mol. The van der Waals surface area contributed by atoms with Crippen LogP contribution >= 0.6 is 0 Å². The van der Waals surface area contributed by atoms with Crippen LogP contribution in [0.3, 0.4) is 0 Å². The number of nitrogens with zero attached hydrogens (tertiary/aromatic N) is 2. The van der Waals surface area contributed by atoms with Crippen LogP contribution in [-0.4, -0.2) is 59.6 Å². The molecule has 0 spiro atoms. The molecule has 2 aromatic heterocycles. The van der Waals surface area contributed by atoms with Crippen molar-refractivity contribution in [3.05, 3.63) is 76.1 Å². The lowest BCUT2D eigenvalue weighted by molar-refractivity contribution is -0.123. The number of fused-ring (bicyclic) bond motifs is 1. The van der Waals surface area contributed by atoms with E-state index in [9.17, 15) is 23.6 Å². The SMILES string of the molecule is COC(=O)N[C@@H](CC/C=C/C(=O)N(C)C)C(=O)Nc1cccn(Cc2cc3cc(F)cc(CC(C)C)c3[nH]2)c1=O. The van der Waals surface area contributed by atoms with Crippen LogP contribution in [0.5, 0.6) is 0 Å². The van der Waals surface area contributed by atoms with E-state index in [1.54, 1.807) is 32.4 Å². The molecular formula is C29H36FN5O5. The number of alkyl carbamates (subject to hydrolysis) is 1. The van der Waals surface area contributed by atoms with Gasteiger partial charge in [0.15, 0.2) is 0 Å². The average molecular weight is 554 g/mol. The molecule has 3 aromatic rings. The minimum absolute atomic E-state index is 0.0325. The van der Waals surface area contributed by atoms with Crippen LogP contribution in [0.1, 0.15) is 37.9 Å². The zero-order valence-electron chi connectivity index (χ0n) is 23.4. The number of carbonyl (C=O) groups is 3. The van der Waals surface area contributed by atoms with E-state index in [0.29, 0.717) is 24.5 Å².